The minimum Gasteiger partial charge on any atom is -0.379 e. The maximum Gasteiger partial charge on any atom is 0.239 e. The topological polar surface area (TPSA) is 36.0 Å². The zero-order valence-corrected chi connectivity index (χ0v) is 13.5. The molecule has 3 aliphatic rings. The molecule has 5 nitrogen and oxygen atoms in total. The normalized spacial score (nSPS) is 33.5. The number of morpholine rings is 1. The number of nitrogens with zero attached hydrogens (tertiary/aromatic N) is 3. The Bertz CT molecular complexity index is 371. The van der Waals surface area contributed by atoms with Gasteiger partial charge in [0.05, 0.1) is 19.3 Å². The quantitative estimate of drug-likeness (QED) is 0.771. The van der Waals surface area contributed by atoms with Crippen molar-refractivity contribution in [2.45, 2.75) is 50.7 Å². The Kier molecular flexibility index (Phi) is 4.82. The molecule has 3 rings (SSSR count). The lowest BCUT2D eigenvalue weighted by atomic mass is 10.0. The van der Waals surface area contributed by atoms with Crippen molar-refractivity contribution in [3.63, 3.8) is 0 Å². The van der Waals surface area contributed by atoms with Crippen LogP contribution in [0.4, 0.5) is 0 Å². The lowest BCUT2D eigenvalue weighted by Gasteiger charge is -2.38. The van der Waals surface area contributed by atoms with Crippen molar-refractivity contribution in [3.8, 4) is 0 Å². The highest BCUT2D eigenvalue weighted by molar-refractivity contribution is 5.82. The van der Waals surface area contributed by atoms with E-state index in [1.807, 2.05) is 0 Å². The van der Waals surface area contributed by atoms with Gasteiger partial charge in [0, 0.05) is 31.7 Å². The van der Waals surface area contributed by atoms with E-state index in [0.29, 0.717) is 18.0 Å². The van der Waals surface area contributed by atoms with Gasteiger partial charge in [-0.3, -0.25) is 9.69 Å². The van der Waals surface area contributed by atoms with E-state index < -0.39 is 0 Å². The molecule has 3 atom stereocenters. The van der Waals surface area contributed by atoms with Gasteiger partial charge in [-0.15, -0.1) is 0 Å². The molecule has 3 heterocycles. The van der Waals surface area contributed by atoms with E-state index in [2.05, 4.69) is 28.7 Å². The van der Waals surface area contributed by atoms with Crippen LogP contribution in [0.5, 0.6) is 0 Å². The lowest BCUT2D eigenvalue weighted by Crippen LogP contribution is -2.54. The fourth-order valence-corrected chi connectivity index (χ4v) is 4.25. The van der Waals surface area contributed by atoms with Gasteiger partial charge < -0.3 is 14.5 Å². The number of carbonyl (C=O) groups excluding carboxylic acids is 1. The van der Waals surface area contributed by atoms with Crippen LogP contribution < -0.4 is 0 Å². The fourth-order valence-electron chi connectivity index (χ4n) is 4.25. The Balaban J connectivity index is 1.64. The van der Waals surface area contributed by atoms with Gasteiger partial charge >= 0.3 is 0 Å². The van der Waals surface area contributed by atoms with Crippen LogP contribution in [-0.2, 0) is 9.53 Å². The molecule has 3 aliphatic heterocycles. The average molecular weight is 295 g/mol. The van der Waals surface area contributed by atoms with Crippen LogP contribution in [0.15, 0.2) is 0 Å². The van der Waals surface area contributed by atoms with Gasteiger partial charge in [0.2, 0.25) is 5.91 Å². The second kappa shape index (κ2) is 6.63. The predicted molar refractivity (Wildman–Crippen MR) is 82.2 cm³/mol. The Hall–Kier alpha value is -0.650. The molecule has 21 heavy (non-hydrogen) atoms. The number of likely N-dealkylation sites (N-methyl/N-ethyl adjacent to an activating group) is 1. The number of likely N-dealkylation sites (tertiary alicyclic amines) is 2. The number of amides is 1. The Morgan fingerprint density at radius 2 is 1.71 bits per heavy atom. The zero-order chi connectivity index (χ0) is 14.8. The summed E-state index contributed by atoms with van der Waals surface area (Å²) in [5.74, 6) is 0.333. The molecule has 3 fully saturated rings. The maximum atomic E-state index is 12.9. The number of ether oxygens (including phenoxy) is 1. The van der Waals surface area contributed by atoms with Crippen LogP contribution in [-0.4, -0.2) is 85.2 Å². The first kappa shape index (κ1) is 15.3. The van der Waals surface area contributed by atoms with Crippen molar-refractivity contribution in [2.24, 2.45) is 0 Å². The minimum absolute atomic E-state index is 0.00112. The van der Waals surface area contributed by atoms with E-state index in [9.17, 15) is 4.79 Å². The van der Waals surface area contributed by atoms with Gasteiger partial charge in [-0.2, -0.15) is 0 Å². The highest BCUT2D eigenvalue weighted by atomic mass is 16.5. The molecule has 1 amide bonds. The van der Waals surface area contributed by atoms with Crippen LogP contribution in [0.2, 0.25) is 0 Å². The molecule has 0 spiro atoms. The summed E-state index contributed by atoms with van der Waals surface area (Å²) in [5, 5.41) is 0. The highest BCUT2D eigenvalue weighted by Gasteiger charge is 2.40. The van der Waals surface area contributed by atoms with Crippen LogP contribution in [0.25, 0.3) is 0 Å². The molecule has 0 saturated carbocycles. The molecule has 0 aromatic heterocycles. The standard InChI is InChI=1S/C16H29N3O2/c1-13(18-9-11-21-12-10-18)16(20)19-8-4-6-15(19)14-5-3-7-17(14)2/h13-15H,3-12H2,1-2H3/t13-,14-,15-/m1/s1. The SMILES string of the molecule is C[C@H](C(=O)N1CCC[C@@H]1[C@H]1CCCN1C)N1CCOCC1. The van der Waals surface area contributed by atoms with Gasteiger partial charge in [0.25, 0.3) is 0 Å². The maximum absolute atomic E-state index is 12.9. The number of hydrogen-bond acceptors (Lipinski definition) is 4. The molecule has 120 valence electrons. The second-order valence-electron chi connectivity index (χ2n) is 6.76. The molecule has 0 aromatic carbocycles. The van der Waals surface area contributed by atoms with Gasteiger partial charge in [-0.1, -0.05) is 0 Å². The summed E-state index contributed by atoms with van der Waals surface area (Å²) in [5.41, 5.74) is 0. The van der Waals surface area contributed by atoms with E-state index in [4.69, 9.17) is 4.74 Å². The Labute approximate surface area is 128 Å². The molecule has 0 unspecified atom stereocenters. The molecule has 5 heteroatoms. The minimum atomic E-state index is 0.00112. The molecule has 0 N–H and O–H groups in total. The van der Waals surface area contributed by atoms with E-state index in [1.165, 1.54) is 25.8 Å². The van der Waals surface area contributed by atoms with Crippen molar-refractivity contribution >= 4 is 5.91 Å². The first-order chi connectivity index (χ1) is 10.2. The van der Waals surface area contributed by atoms with Crippen LogP contribution >= 0.6 is 0 Å². The summed E-state index contributed by atoms with van der Waals surface area (Å²) in [6.07, 6.45) is 4.86. The summed E-state index contributed by atoms with van der Waals surface area (Å²) in [7, 11) is 2.21. The number of rotatable bonds is 3. The van der Waals surface area contributed by atoms with Gasteiger partial charge in [0.15, 0.2) is 0 Å². The van der Waals surface area contributed by atoms with Gasteiger partial charge in [-0.05, 0) is 46.2 Å². The smallest absolute Gasteiger partial charge is 0.239 e. The van der Waals surface area contributed by atoms with Crippen molar-refractivity contribution in [2.75, 3.05) is 46.4 Å². The summed E-state index contributed by atoms with van der Waals surface area (Å²) >= 11 is 0. The Morgan fingerprint density at radius 3 is 2.38 bits per heavy atom. The third-order valence-corrected chi connectivity index (χ3v) is 5.55. The van der Waals surface area contributed by atoms with Crippen molar-refractivity contribution in [1.29, 1.82) is 0 Å². The molecule has 0 radical (unpaired) electrons. The van der Waals surface area contributed by atoms with Crippen LogP contribution in [0.3, 0.4) is 0 Å². The van der Waals surface area contributed by atoms with E-state index >= 15 is 0 Å². The third kappa shape index (κ3) is 3.10. The summed E-state index contributed by atoms with van der Waals surface area (Å²) < 4.78 is 5.40. The largest absolute Gasteiger partial charge is 0.379 e. The third-order valence-electron chi connectivity index (χ3n) is 5.55. The van der Waals surface area contributed by atoms with E-state index in [1.54, 1.807) is 0 Å². The second-order valence-corrected chi connectivity index (χ2v) is 6.76. The Morgan fingerprint density at radius 1 is 1.05 bits per heavy atom. The van der Waals surface area contributed by atoms with Crippen LogP contribution in [0, 0.1) is 0 Å². The lowest BCUT2D eigenvalue weighted by molar-refractivity contribution is -0.139. The average Bonchev–Trinajstić information content (AvgIpc) is 3.14. The van der Waals surface area contributed by atoms with Gasteiger partial charge in [0.1, 0.15) is 0 Å². The monoisotopic (exact) mass is 295 g/mol. The van der Waals surface area contributed by atoms with E-state index in [0.717, 1.165) is 39.3 Å². The predicted octanol–water partition coefficient (Wildman–Crippen LogP) is 0.792. The van der Waals surface area contributed by atoms with E-state index in [-0.39, 0.29) is 6.04 Å². The number of carbonyl (C=O) groups is 1. The van der Waals surface area contributed by atoms with Crippen molar-refractivity contribution in [3.05, 3.63) is 0 Å². The zero-order valence-electron chi connectivity index (χ0n) is 13.5. The molecular formula is C16H29N3O2. The molecule has 0 bridgehead atoms. The number of hydrogen-bond donors (Lipinski definition) is 0. The summed E-state index contributed by atoms with van der Waals surface area (Å²) in [6.45, 7) is 7.48. The molecule has 3 saturated heterocycles. The fraction of sp³-hybridized carbons (Fsp3) is 0.938. The first-order valence-corrected chi connectivity index (χ1v) is 8.51. The molecular weight excluding hydrogens is 266 g/mol. The first-order valence-electron chi connectivity index (χ1n) is 8.51. The molecule has 0 aromatic rings. The highest BCUT2D eigenvalue weighted by Crippen LogP contribution is 2.29. The van der Waals surface area contributed by atoms with Crippen molar-refractivity contribution in [1.82, 2.24) is 14.7 Å². The molecule has 0 aliphatic carbocycles. The summed E-state index contributed by atoms with van der Waals surface area (Å²) in [4.78, 5) is 19.9. The van der Waals surface area contributed by atoms with Crippen molar-refractivity contribution < 1.29 is 9.53 Å². The van der Waals surface area contributed by atoms with Gasteiger partial charge in [-0.25, -0.2) is 0 Å². The van der Waals surface area contributed by atoms with Crippen LogP contribution in [0.1, 0.15) is 32.6 Å². The summed E-state index contributed by atoms with van der Waals surface area (Å²) in [6, 6.07) is 1.02.